The van der Waals surface area contributed by atoms with E-state index in [1.165, 1.54) is 37.1 Å². The minimum absolute atomic E-state index is 0.0559. The molecule has 2 aliphatic rings. The number of hydrogen-bond donors (Lipinski definition) is 1. The number of likely N-dealkylation sites (tertiary alicyclic amines) is 1. The Morgan fingerprint density at radius 1 is 1.05 bits per heavy atom. The van der Waals surface area contributed by atoms with Gasteiger partial charge >= 0.3 is 6.18 Å². The third-order valence-electron chi connectivity index (χ3n) is 7.23. The highest BCUT2D eigenvalue weighted by atomic mass is 127. The van der Waals surface area contributed by atoms with Crippen molar-refractivity contribution in [3.63, 3.8) is 0 Å². The van der Waals surface area contributed by atoms with Gasteiger partial charge in [-0.15, -0.1) is 5.10 Å². The van der Waals surface area contributed by atoms with E-state index in [-0.39, 0.29) is 11.8 Å². The van der Waals surface area contributed by atoms with E-state index in [2.05, 4.69) is 53.9 Å². The average molecular weight is 656 g/mol. The molecule has 1 atom stereocenters. The van der Waals surface area contributed by atoms with Gasteiger partial charge in [0.25, 0.3) is 5.82 Å². The summed E-state index contributed by atoms with van der Waals surface area (Å²) in [7, 11) is 3.86. The monoisotopic (exact) mass is 655 g/mol. The Balaban J connectivity index is 1.40. The lowest BCUT2D eigenvalue weighted by Gasteiger charge is -2.25. The van der Waals surface area contributed by atoms with E-state index in [0.717, 1.165) is 33.9 Å². The zero-order valence-corrected chi connectivity index (χ0v) is 24.3. The predicted octanol–water partition coefficient (Wildman–Crippen LogP) is 5.31. The maximum Gasteiger partial charge on any atom is 0.453 e. The summed E-state index contributed by atoms with van der Waals surface area (Å²) in [6.07, 6.45) is 2.03. The Kier molecular flexibility index (Phi) is 8.62. The van der Waals surface area contributed by atoms with Crippen molar-refractivity contribution in [2.45, 2.75) is 50.7 Å². The van der Waals surface area contributed by atoms with Crippen molar-refractivity contribution >= 4 is 34.2 Å². The molecule has 1 N–H and O–H groups in total. The van der Waals surface area contributed by atoms with Crippen molar-refractivity contribution in [3.8, 4) is 11.7 Å². The molecule has 0 saturated carbocycles. The zero-order valence-electron chi connectivity index (χ0n) is 22.1. The van der Waals surface area contributed by atoms with E-state index in [1.54, 1.807) is 12.1 Å². The van der Waals surface area contributed by atoms with Gasteiger partial charge in [0.1, 0.15) is 6.61 Å². The molecule has 0 radical (unpaired) electrons. The van der Waals surface area contributed by atoms with E-state index < -0.39 is 12.0 Å². The van der Waals surface area contributed by atoms with Crippen LogP contribution in [0, 0.1) is 3.57 Å². The molecular formula is C27H33F3IN7O. The standard InChI is InChI=1S/C27H33F3IN7O/c1-36(2)13-14-39-24-17-20(31)16-23(33-24)38-26(34-25(35-38)27(28,29)30)32-21-8-5-18-6-9-22(10-7-19(18)15-21)37-11-3-4-12-37/h5,8,15-17,22H,3-4,6-7,9-14H2,1-2H3,(H,32,34,35). The maximum absolute atomic E-state index is 13.7. The Bertz CT molecular complexity index is 1290. The second kappa shape index (κ2) is 12.0. The third kappa shape index (κ3) is 7.01. The molecule has 1 saturated heterocycles. The molecule has 3 heterocycles. The maximum atomic E-state index is 13.7. The van der Waals surface area contributed by atoms with Gasteiger partial charge < -0.3 is 19.9 Å². The lowest BCUT2D eigenvalue weighted by atomic mass is 10.0. The van der Waals surface area contributed by atoms with Crippen LogP contribution in [-0.4, -0.2) is 75.9 Å². The second-order valence-electron chi connectivity index (χ2n) is 10.4. The fourth-order valence-corrected chi connectivity index (χ4v) is 5.76. The highest BCUT2D eigenvalue weighted by molar-refractivity contribution is 14.1. The fraction of sp³-hybridized carbons (Fsp3) is 0.519. The summed E-state index contributed by atoms with van der Waals surface area (Å²) in [5.74, 6) is -0.787. The molecule has 5 rings (SSSR count). The molecule has 1 aliphatic carbocycles. The Morgan fingerprint density at radius 3 is 2.51 bits per heavy atom. The number of nitrogens with one attached hydrogen (secondary N) is 1. The molecule has 0 bridgehead atoms. The second-order valence-corrected chi connectivity index (χ2v) is 11.6. The van der Waals surface area contributed by atoms with E-state index in [0.29, 0.717) is 30.8 Å². The highest BCUT2D eigenvalue weighted by Gasteiger charge is 2.37. The molecular weight excluding hydrogens is 622 g/mol. The van der Waals surface area contributed by atoms with Crippen LogP contribution in [0.15, 0.2) is 30.3 Å². The molecule has 0 amide bonds. The van der Waals surface area contributed by atoms with Crippen molar-refractivity contribution < 1.29 is 17.9 Å². The molecule has 1 fully saturated rings. The van der Waals surface area contributed by atoms with Crippen LogP contribution in [0.4, 0.5) is 24.8 Å². The van der Waals surface area contributed by atoms with Crippen LogP contribution in [0.5, 0.6) is 5.88 Å². The average Bonchev–Trinajstić information content (AvgIpc) is 3.51. The van der Waals surface area contributed by atoms with Crippen LogP contribution in [0.3, 0.4) is 0 Å². The first-order valence-corrected chi connectivity index (χ1v) is 14.4. The van der Waals surface area contributed by atoms with Crippen LogP contribution in [0.1, 0.15) is 42.6 Å². The topological polar surface area (TPSA) is 71.3 Å². The number of halogens is 4. The summed E-state index contributed by atoms with van der Waals surface area (Å²) in [4.78, 5) is 12.8. The van der Waals surface area contributed by atoms with E-state index >= 15 is 0 Å². The first kappa shape index (κ1) is 28.1. The quantitative estimate of drug-likeness (QED) is 0.261. The fourth-order valence-electron chi connectivity index (χ4n) is 5.22. The van der Waals surface area contributed by atoms with Gasteiger partial charge in [0.05, 0.1) is 0 Å². The molecule has 8 nitrogen and oxygen atoms in total. The smallest absolute Gasteiger partial charge is 0.453 e. The molecule has 1 aliphatic heterocycles. The Morgan fingerprint density at radius 2 is 1.79 bits per heavy atom. The van der Waals surface area contributed by atoms with Gasteiger partial charge in [0.15, 0.2) is 5.82 Å². The number of pyridine rings is 1. The number of anilines is 2. The molecule has 12 heteroatoms. The summed E-state index contributed by atoms with van der Waals surface area (Å²) in [6, 6.07) is 9.99. The number of rotatable bonds is 8. The number of nitrogens with zero attached hydrogens (tertiary/aromatic N) is 6. The molecule has 1 aromatic carbocycles. The lowest BCUT2D eigenvalue weighted by molar-refractivity contribution is -0.144. The van der Waals surface area contributed by atoms with Crippen molar-refractivity contribution in [3.05, 3.63) is 50.9 Å². The van der Waals surface area contributed by atoms with E-state index in [9.17, 15) is 13.2 Å². The lowest BCUT2D eigenvalue weighted by Crippen LogP contribution is -2.32. The van der Waals surface area contributed by atoms with Gasteiger partial charge in [-0.1, -0.05) is 6.07 Å². The van der Waals surface area contributed by atoms with Crippen molar-refractivity contribution in [1.82, 2.24) is 29.5 Å². The minimum Gasteiger partial charge on any atom is -0.476 e. The van der Waals surface area contributed by atoms with Gasteiger partial charge in [-0.05, 0) is 118 Å². The molecule has 210 valence electrons. The number of aromatic nitrogens is 4. The summed E-state index contributed by atoms with van der Waals surface area (Å²) in [6.45, 7) is 3.43. The first-order valence-electron chi connectivity index (χ1n) is 13.3. The predicted molar refractivity (Wildman–Crippen MR) is 152 cm³/mol. The zero-order chi connectivity index (χ0) is 27.6. The number of hydrogen-bond acceptors (Lipinski definition) is 7. The van der Waals surface area contributed by atoms with E-state index in [4.69, 9.17) is 4.74 Å². The number of fused-ring (bicyclic) bond motifs is 1. The molecule has 0 spiro atoms. The van der Waals surface area contributed by atoms with Gasteiger partial charge in [0, 0.05) is 27.9 Å². The number of ether oxygens (including phenoxy) is 1. The molecule has 3 aromatic rings. The van der Waals surface area contributed by atoms with Crippen molar-refractivity contribution in [2.75, 3.05) is 45.7 Å². The number of likely N-dealkylation sites (N-methyl/N-ethyl adjacent to an activating group) is 1. The number of benzene rings is 1. The number of alkyl halides is 3. The van der Waals surface area contributed by atoms with Crippen molar-refractivity contribution in [1.29, 1.82) is 0 Å². The first-order chi connectivity index (χ1) is 18.7. The normalized spacial score (nSPS) is 18.3. The molecule has 2 aromatic heterocycles. The van der Waals surface area contributed by atoms with Gasteiger partial charge in [0.2, 0.25) is 11.8 Å². The van der Waals surface area contributed by atoms with Crippen LogP contribution in [-0.2, 0) is 19.0 Å². The minimum atomic E-state index is -4.70. The van der Waals surface area contributed by atoms with Crippen molar-refractivity contribution in [2.24, 2.45) is 0 Å². The van der Waals surface area contributed by atoms with Crippen LogP contribution >= 0.6 is 22.6 Å². The van der Waals surface area contributed by atoms with Gasteiger partial charge in [-0.3, -0.25) is 0 Å². The molecule has 1 unspecified atom stereocenters. The Labute approximate surface area is 240 Å². The third-order valence-corrected chi connectivity index (χ3v) is 7.86. The van der Waals surface area contributed by atoms with Gasteiger partial charge in [-0.25, -0.2) is 0 Å². The summed E-state index contributed by atoms with van der Waals surface area (Å²) >= 11 is 2.09. The largest absolute Gasteiger partial charge is 0.476 e. The van der Waals surface area contributed by atoms with Crippen LogP contribution < -0.4 is 10.1 Å². The van der Waals surface area contributed by atoms with Crippen LogP contribution in [0.25, 0.3) is 5.82 Å². The van der Waals surface area contributed by atoms with Crippen LogP contribution in [0.2, 0.25) is 0 Å². The summed E-state index contributed by atoms with van der Waals surface area (Å²) in [5.41, 5.74) is 3.20. The highest BCUT2D eigenvalue weighted by Crippen LogP contribution is 2.32. The van der Waals surface area contributed by atoms with Gasteiger partial charge in [-0.2, -0.15) is 27.8 Å². The van der Waals surface area contributed by atoms with E-state index in [1.807, 2.05) is 31.1 Å². The molecule has 39 heavy (non-hydrogen) atoms. The number of aryl methyl sites for hydroxylation is 2. The Hall–Kier alpha value is -2.45. The SMILES string of the molecule is CN(C)CCOc1cc(I)cc(-n2nc(C(F)(F)F)nc2Nc2ccc3c(c2)CCC(N2CCCC2)CC3)n1. The summed E-state index contributed by atoms with van der Waals surface area (Å²) < 4.78 is 48.5. The summed E-state index contributed by atoms with van der Waals surface area (Å²) in [5, 5.41) is 6.86.